The molecule has 0 fully saturated rings. The molecule has 2 aromatic heterocycles. The summed E-state index contributed by atoms with van der Waals surface area (Å²) < 4.78 is 0. The summed E-state index contributed by atoms with van der Waals surface area (Å²) >= 11 is 0. The van der Waals surface area contributed by atoms with Gasteiger partial charge in [-0.15, -0.1) is 0 Å². The van der Waals surface area contributed by atoms with Crippen molar-refractivity contribution in [2.45, 2.75) is 6.92 Å². The fraction of sp³-hybridized carbons (Fsp3) is 0.200. The predicted octanol–water partition coefficient (Wildman–Crippen LogP) is 1.11. The number of aldehydes is 1. The lowest BCUT2D eigenvalue weighted by molar-refractivity contribution is -0.109. The van der Waals surface area contributed by atoms with Crippen LogP contribution in [0.15, 0.2) is 24.9 Å². The van der Waals surface area contributed by atoms with Gasteiger partial charge in [-0.05, 0) is 6.20 Å². The van der Waals surface area contributed by atoms with E-state index in [1.54, 1.807) is 25.5 Å². The molecule has 2 aromatic rings. The topological polar surface area (TPSA) is 83.6 Å². The summed E-state index contributed by atoms with van der Waals surface area (Å²) in [6.45, 7) is 1.80. The van der Waals surface area contributed by atoms with Gasteiger partial charge in [-0.1, -0.05) is 13.0 Å². The number of carbonyl (C=O) groups is 1. The first-order chi connectivity index (χ1) is 7.81. The van der Waals surface area contributed by atoms with E-state index in [9.17, 15) is 4.79 Å². The quantitative estimate of drug-likeness (QED) is 0.749. The Hall–Kier alpha value is -2.24. The largest absolute Gasteiger partial charge is 0.345 e. The van der Waals surface area contributed by atoms with Crippen molar-refractivity contribution >= 4 is 23.3 Å². The molecule has 0 saturated heterocycles. The predicted molar refractivity (Wildman–Crippen MR) is 59.7 cm³/mol. The molecule has 0 aliphatic rings. The van der Waals surface area contributed by atoms with Crippen molar-refractivity contribution in [1.29, 1.82) is 0 Å². The van der Waals surface area contributed by atoms with Crippen molar-refractivity contribution in [2.24, 2.45) is 5.92 Å². The summed E-state index contributed by atoms with van der Waals surface area (Å²) in [5.41, 5.74) is 1.35. The molecule has 82 valence electrons. The van der Waals surface area contributed by atoms with Crippen LogP contribution in [-0.2, 0) is 4.79 Å². The summed E-state index contributed by atoms with van der Waals surface area (Å²) in [4.78, 5) is 25.4. The van der Waals surface area contributed by atoms with Crippen LogP contribution in [0.1, 0.15) is 6.92 Å². The molecule has 1 unspecified atom stereocenters. The summed E-state index contributed by atoms with van der Waals surface area (Å²) in [6.07, 6.45) is 7.29. The minimum atomic E-state index is -0.119. The van der Waals surface area contributed by atoms with E-state index < -0.39 is 0 Å². The lowest BCUT2D eigenvalue weighted by atomic mass is 10.2. The number of hydrogen-bond donors (Lipinski definition) is 2. The van der Waals surface area contributed by atoms with Gasteiger partial charge < -0.3 is 15.1 Å². The molecule has 2 rings (SSSR count). The molecular formula is C10H11N5O. The van der Waals surface area contributed by atoms with Gasteiger partial charge in [0.15, 0.2) is 11.5 Å². The second-order valence-electron chi connectivity index (χ2n) is 3.32. The molecule has 2 heterocycles. The average molecular weight is 217 g/mol. The Labute approximate surface area is 91.8 Å². The second kappa shape index (κ2) is 4.52. The Morgan fingerprint density at radius 1 is 1.44 bits per heavy atom. The molecule has 0 spiro atoms. The number of nitrogens with one attached hydrogen (secondary N) is 2. The normalized spacial score (nSPS) is 13.1. The molecular weight excluding hydrogens is 206 g/mol. The summed E-state index contributed by atoms with van der Waals surface area (Å²) in [5.74, 6) is 0.517. The minimum Gasteiger partial charge on any atom is -0.345 e. The van der Waals surface area contributed by atoms with E-state index in [2.05, 4.69) is 25.3 Å². The highest BCUT2D eigenvalue weighted by Gasteiger charge is 2.03. The molecule has 0 aromatic carbocycles. The summed E-state index contributed by atoms with van der Waals surface area (Å²) in [6, 6.07) is 0. The van der Waals surface area contributed by atoms with Crippen LogP contribution in [0.2, 0.25) is 0 Å². The first kappa shape index (κ1) is 10.3. The zero-order valence-electron chi connectivity index (χ0n) is 8.71. The van der Waals surface area contributed by atoms with E-state index in [1.165, 1.54) is 6.33 Å². The van der Waals surface area contributed by atoms with Crippen LogP contribution < -0.4 is 5.32 Å². The summed E-state index contributed by atoms with van der Waals surface area (Å²) in [5, 5.41) is 2.98. The van der Waals surface area contributed by atoms with Gasteiger partial charge in [0.05, 0.1) is 6.33 Å². The van der Waals surface area contributed by atoms with E-state index in [0.29, 0.717) is 11.5 Å². The fourth-order valence-electron chi connectivity index (χ4n) is 1.20. The number of allylic oxidation sites excluding steroid dienone is 1. The van der Waals surface area contributed by atoms with Crippen LogP contribution in [0.4, 0.5) is 5.82 Å². The van der Waals surface area contributed by atoms with Gasteiger partial charge in [-0.2, -0.15) is 0 Å². The molecule has 0 saturated carbocycles. The third-order valence-electron chi connectivity index (χ3n) is 2.06. The highest BCUT2D eigenvalue weighted by atomic mass is 16.1. The molecule has 0 aliphatic heterocycles. The van der Waals surface area contributed by atoms with Crippen molar-refractivity contribution in [3.8, 4) is 0 Å². The number of aromatic nitrogens is 4. The minimum absolute atomic E-state index is 0.119. The van der Waals surface area contributed by atoms with Gasteiger partial charge in [0, 0.05) is 5.92 Å². The van der Waals surface area contributed by atoms with E-state index in [1.807, 2.05) is 0 Å². The Morgan fingerprint density at radius 2 is 2.31 bits per heavy atom. The number of hydrogen-bond acceptors (Lipinski definition) is 5. The maximum Gasteiger partial charge on any atom is 0.182 e. The third-order valence-corrected chi connectivity index (χ3v) is 2.06. The van der Waals surface area contributed by atoms with Crippen LogP contribution in [0.3, 0.4) is 0 Å². The Kier molecular flexibility index (Phi) is 2.90. The monoisotopic (exact) mass is 217 g/mol. The van der Waals surface area contributed by atoms with Crippen LogP contribution in [0.5, 0.6) is 0 Å². The SMILES string of the molecule is CC(C=O)/C=C/Nc1ncnc2nc[nH]c12. The molecule has 0 radical (unpaired) electrons. The lowest BCUT2D eigenvalue weighted by Gasteiger charge is -2.00. The maximum absolute atomic E-state index is 10.4. The molecule has 1 atom stereocenters. The van der Waals surface area contributed by atoms with E-state index in [0.717, 1.165) is 11.8 Å². The number of carbonyl (C=O) groups excluding carboxylic acids is 1. The molecule has 6 nitrogen and oxygen atoms in total. The van der Waals surface area contributed by atoms with Crippen molar-refractivity contribution in [3.05, 3.63) is 24.9 Å². The Bertz CT molecular complexity index is 519. The van der Waals surface area contributed by atoms with Gasteiger partial charge >= 0.3 is 0 Å². The van der Waals surface area contributed by atoms with Gasteiger partial charge in [-0.3, -0.25) is 0 Å². The third kappa shape index (κ3) is 2.05. The van der Waals surface area contributed by atoms with Crippen molar-refractivity contribution < 1.29 is 4.79 Å². The van der Waals surface area contributed by atoms with Gasteiger partial charge in [0.25, 0.3) is 0 Å². The van der Waals surface area contributed by atoms with Crippen molar-refractivity contribution in [3.63, 3.8) is 0 Å². The molecule has 2 N–H and O–H groups in total. The molecule has 0 amide bonds. The number of anilines is 1. The number of fused-ring (bicyclic) bond motifs is 1. The fourth-order valence-corrected chi connectivity index (χ4v) is 1.20. The lowest BCUT2D eigenvalue weighted by Crippen LogP contribution is -1.96. The van der Waals surface area contributed by atoms with Crippen LogP contribution in [0, 0.1) is 5.92 Å². The van der Waals surface area contributed by atoms with E-state index in [-0.39, 0.29) is 5.92 Å². The van der Waals surface area contributed by atoms with Crippen LogP contribution in [0.25, 0.3) is 11.2 Å². The highest BCUT2D eigenvalue weighted by molar-refractivity contribution is 5.82. The maximum atomic E-state index is 10.4. The Morgan fingerprint density at radius 3 is 3.12 bits per heavy atom. The van der Waals surface area contributed by atoms with Gasteiger partial charge in [-0.25, -0.2) is 15.0 Å². The first-order valence-corrected chi connectivity index (χ1v) is 4.84. The zero-order valence-corrected chi connectivity index (χ0v) is 8.71. The van der Waals surface area contributed by atoms with Gasteiger partial charge in [0.2, 0.25) is 0 Å². The standard InChI is InChI=1S/C10H11N5O/c1-7(4-16)2-3-11-9-8-10(13-5-12-8)15-6-14-9/h2-7H,1H3,(H2,11,12,13,14,15)/b3-2+. The average Bonchev–Trinajstić information content (AvgIpc) is 2.77. The number of imidazole rings is 1. The second-order valence-corrected chi connectivity index (χ2v) is 3.32. The molecule has 0 bridgehead atoms. The molecule has 0 aliphatic carbocycles. The number of nitrogens with zero attached hydrogens (tertiary/aromatic N) is 3. The van der Waals surface area contributed by atoms with E-state index >= 15 is 0 Å². The van der Waals surface area contributed by atoms with Crippen LogP contribution in [-0.4, -0.2) is 26.2 Å². The molecule has 6 heteroatoms. The van der Waals surface area contributed by atoms with E-state index in [4.69, 9.17) is 0 Å². The van der Waals surface area contributed by atoms with Crippen LogP contribution >= 0.6 is 0 Å². The first-order valence-electron chi connectivity index (χ1n) is 4.84. The number of aromatic amines is 1. The zero-order chi connectivity index (χ0) is 11.4. The number of rotatable bonds is 4. The van der Waals surface area contributed by atoms with Gasteiger partial charge in [0.1, 0.15) is 18.1 Å². The Balaban J connectivity index is 2.18. The van der Waals surface area contributed by atoms with Crippen molar-refractivity contribution in [1.82, 2.24) is 19.9 Å². The molecule has 16 heavy (non-hydrogen) atoms. The van der Waals surface area contributed by atoms with Crippen molar-refractivity contribution in [2.75, 3.05) is 5.32 Å². The smallest absolute Gasteiger partial charge is 0.182 e. The number of H-pyrrole nitrogens is 1. The highest BCUT2D eigenvalue weighted by Crippen LogP contribution is 2.14. The summed E-state index contributed by atoms with van der Waals surface area (Å²) in [7, 11) is 0.